The lowest BCUT2D eigenvalue weighted by atomic mass is 10.3. The summed E-state index contributed by atoms with van der Waals surface area (Å²) in [7, 11) is -3.46. The number of aromatic nitrogens is 2. The highest BCUT2D eigenvalue weighted by Gasteiger charge is 2.26. The Kier molecular flexibility index (Phi) is 3.65. The molecule has 94 valence electrons. The number of aryl methyl sites for hydroxylation is 1. The van der Waals surface area contributed by atoms with Crippen LogP contribution < -0.4 is 5.32 Å². The molecule has 1 aliphatic rings. The highest BCUT2D eigenvalue weighted by molar-refractivity contribution is 7.91. The smallest absolute Gasteiger partial charge is 0.248 e. The minimum Gasteiger partial charge on any atom is -0.313 e. The van der Waals surface area contributed by atoms with Gasteiger partial charge in [0.25, 0.3) is 0 Å². The minimum absolute atomic E-state index is 0.00267. The first-order valence-corrected chi connectivity index (χ1v) is 7.48. The van der Waals surface area contributed by atoms with Crippen LogP contribution in [0, 0.1) is 6.92 Å². The summed E-state index contributed by atoms with van der Waals surface area (Å²) in [6.07, 6.45) is 1.88. The van der Waals surface area contributed by atoms with E-state index in [1.54, 1.807) is 6.92 Å². The normalized spacial score (nSPS) is 20.7. The fourth-order valence-electron chi connectivity index (χ4n) is 1.88. The van der Waals surface area contributed by atoms with Gasteiger partial charge in [-0.15, -0.1) is 0 Å². The van der Waals surface area contributed by atoms with Gasteiger partial charge in [-0.1, -0.05) is 11.6 Å². The molecule has 7 heteroatoms. The van der Waals surface area contributed by atoms with Gasteiger partial charge in [0.1, 0.15) is 5.15 Å². The van der Waals surface area contributed by atoms with Crippen molar-refractivity contribution in [2.75, 3.05) is 12.3 Å². The van der Waals surface area contributed by atoms with Crippen molar-refractivity contribution in [2.45, 2.75) is 31.0 Å². The molecule has 2 heterocycles. The summed E-state index contributed by atoms with van der Waals surface area (Å²) in [5, 5.41) is 3.14. The number of nitrogens with one attached hydrogen (secondary N) is 1. The Morgan fingerprint density at radius 3 is 2.88 bits per heavy atom. The van der Waals surface area contributed by atoms with E-state index in [2.05, 4.69) is 15.3 Å². The van der Waals surface area contributed by atoms with Gasteiger partial charge in [0.2, 0.25) is 15.0 Å². The fourth-order valence-corrected chi connectivity index (χ4v) is 3.65. The lowest BCUT2D eigenvalue weighted by Crippen LogP contribution is -2.30. The van der Waals surface area contributed by atoms with Crippen molar-refractivity contribution in [3.63, 3.8) is 0 Å². The van der Waals surface area contributed by atoms with Gasteiger partial charge in [-0.3, -0.25) is 0 Å². The van der Waals surface area contributed by atoms with Gasteiger partial charge in [0.15, 0.2) is 0 Å². The van der Waals surface area contributed by atoms with Crippen molar-refractivity contribution < 1.29 is 8.42 Å². The maximum atomic E-state index is 12.1. The van der Waals surface area contributed by atoms with Crippen LogP contribution >= 0.6 is 11.6 Å². The van der Waals surface area contributed by atoms with Crippen LogP contribution in [0.15, 0.2) is 11.2 Å². The van der Waals surface area contributed by atoms with Crippen molar-refractivity contribution in [1.29, 1.82) is 0 Å². The van der Waals surface area contributed by atoms with Crippen molar-refractivity contribution in [2.24, 2.45) is 0 Å². The standard InChI is InChI=1S/C10H14ClN3O2S/c1-7-5-9(11)14-10(13-7)17(15,16)6-8-3-2-4-12-8/h5,8,12H,2-4,6H2,1H3/t8-/m1/s1. The van der Waals surface area contributed by atoms with E-state index in [9.17, 15) is 8.42 Å². The molecule has 0 unspecified atom stereocenters. The Bertz CT molecular complexity index is 492. The second-order valence-electron chi connectivity index (χ2n) is 4.19. The summed E-state index contributed by atoms with van der Waals surface area (Å²) in [6, 6.07) is 1.54. The van der Waals surface area contributed by atoms with E-state index in [0.29, 0.717) is 5.69 Å². The Morgan fingerprint density at radius 1 is 1.53 bits per heavy atom. The van der Waals surface area contributed by atoms with Crippen LogP contribution in [0.3, 0.4) is 0 Å². The molecular weight excluding hydrogens is 262 g/mol. The summed E-state index contributed by atoms with van der Waals surface area (Å²) in [5.41, 5.74) is 0.558. The van der Waals surface area contributed by atoms with Gasteiger partial charge >= 0.3 is 0 Å². The number of hydrogen-bond donors (Lipinski definition) is 1. The predicted octanol–water partition coefficient (Wildman–Crippen LogP) is 0.964. The maximum Gasteiger partial charge on any atom is 0.248 e. The molecule has 1 N–H and O–H groups in total. The molecule has 17 heavy (non-hydrogen) atoms. The van der Waals surface area contributed by atoms with Crippen LogP contribution in [0.2, 0.25) is 5.15 Å². The zero-order valence-electron chi connectivity index (χ0n) is 9.48. The number of sulfone groups is 1. The van der Waals surface area contributed by atoms with Gasteiger partial charge in [0.05, 0.1) is 5.75 Å². The van der Waals surface area contributed by atoms with Gasteiger partial charge < -0.3 is 5.32 Å². The van der Waals surface area contributed by atoms with E-state index < -0.39 is 9.84 Å². The predicted molar refractivity (Wildman–Crippen MR) is 64.9 cm³/mol. The third-order valence-electron chi connectivity index (χ3n) is 2.66. The maximum absolute atomic E-state index is 12.1. The Labute approximate surface area is 106 Å². The molecule has 0 radical (unpaired) electrons. The van der Waals surface area contributed by atoms with Crippen LogP contribution in [0.4, 0.5) is 0 Å². The third-order valence-corrected chi connectivity index (χ3v) is 4.44. The highest BCUT2D eigenvalue weighted by atomic mass is 35.5. The molecule has 0 aromatic carbocycles. The fraction of sp³-hybridized carbons (Fsp3) is 0.600. The summed E-state index contributed by atoms with van der Waals surface area (Å²) >= 11 is 5.74. The molecule has 0 aliphatic carbocycles. The zero-order chi connectivity index (χ0) is 12.5. The van der Waals surface area contributed by atoms with Crippen molar-refractivity contribution in [3.8, 4) is 0 Å². The van der Waals surface area contributed by atoms with Crippen LogP contribution in [-0.4, -0.2) is 36.7 Å². The van der Waals surface area contributed by atoms with Gasteiger partial charge in [0, 0.05) is 11.7 Å². The number of halogens is 1. The van der Waals surface area contributed by atoms with Gasteiger partial charge in [-0.25, -0.2) is 18.4 Å². The SMILES string of the molecule is Cc1cc(Cl)nc(S(=O)(=O)C[C@H]2CCCN2)n1. The Morgan fingerprint density at radius 2 is 2.29 bits per heavy atom. The average molecular weight is 276 g/mol. The first kappa shape index (κ1) is 12.7. The summed E-state index contributed by atoms with van der Waals surface area (Å²) in [4.78, 5) is 7.72. The Balaban J connectivity index is 2.24. The zero-order valence-corrected chi connectivity index (χ0v) is 11.1. The van der Waals surface area contributed by atoms with Crippen molar-refractivity contribution in [1.82, 2.24) is 15.3 Å². The molecule has 1 saturated heterocycles. The third kappa shape index (κ3) is 3.14. The quantitative estimate of drug-likeness (QED) is 0.657. The lowest BCUT2D eigenvalue weighted by molar-refractivity contribution is 0.568. The molecule has 1 aliphatic heterocycles. The molecule has 1 aromatic heterocycles. The van der Waals surface area contributed by atoms with E-state index in [4.69, 9.17) is 11.6 Å². The van der Waals surface area contributed by atoms with Gasteiger partial charge in [-0.05, 0) is 32.4 Å². The summed E-state index contributed by atoms with van der Waals surface area (Å²) in [6.45, 7) is 2.57. The van der Waals surface area contributed by atoms with Crippen LogP contribution in [-0.2, 0) is 9.84 Å². The molecule has 1 aromatic rings. The number of nitrogens with zero attached hydrogens (tertiary/aromatic N) is 2. The molecule has 1 atom stereocenters. The topological polar surface area (TPSA) is 72.0 Å². The van der Waals surface area contributed by atoms with E-state index in [0.717, 1.165) is 19.4 Å². The van der Waals surface area contributed by atoms with E-state index in [1.165, 1.54) is 6.07 Å². The molecule has 0 saturated carbocycles. The molecule has 2 rings (SSSR count). The molecule has 0 bridgehead atoms. The summed E-state index contributed by atoms with van der Waals surface area (Å²) < 4.78 is 24.1. The average Bonchev–Trinajstić information content (AvgIpc) is 2.68. The Hall–Kier alpha value is -0.720. The monoisotopic (exact) mass is 275 g/mol. The van der Waals surface area contributed by atoms with Crippen LogP contribution in [0.25, 0.3) is 0 Å². The molecule has 1 fully saturated rings. The lowest BCUT2D eigenvalue weighted by Gasteiger charge is -2.10. The second kappa shape index (κ2) is 4.88. The van der Waals surface area contributed by atoms with E-state index >= 15 is 0 Å². The van der Waals surface area contributed by atoms with Crippen molar-refractivity contribution >= 4 is 21.4 Å². The summed E-state index contributed by atoms with van der Waals surface area (Å²) in [5.74, 6) is 0.0345. The molecule has 0 spiro atoms. The van der Waals surface area contributed by atoms with E-state index in [-0.39, 0.29) is 22.1 Å². The van der Waals surface area contributed by atoms with Crippen LogP contribution in [0.5, 0.6) is 0 Å². The first-order valence-electron chi connectivity index (χ1n) is 5.45. The molecule has 5 nitrogen and oxygen atoms in total. The first-order chi connectivity index (χ1) is 7.97. The number of rotatable bonds is 3. The van der Waals surface area contributed by atoms with E-state index in [1.807, 2.05) is 0 Å². The number of hydrogen-bond acceptors (Lipinski definition) is 5. The minimum atomic E-state index is -3.46. The second-order valence-corrected chi connectivity index (χ2v) is 6.50. The largest absolute Gasteiger partial charge is 0.313 e. The highest BCUT2D eigenvalue weighted by Crippen LogP contribution is 2.15. The van der Waals surface area contributed by atoms with Gasteiger partial charge in [-0.2, -0.15) is 0 Å². The van der Waals surface area contributed by atoms with Crippen molar-refractivity contribution in [3.05, 3.63) is 16.9 Å². The molecule has 0 amide bonds. The molecular formula is C10H14ClN3O2S. The van der Waals surface area contributed by atoms with Crippen LogP contribution in [0.1, 0.15) is 18.5 Å².